The van der Waals surface area contributed by atoms with Gasteiger partial charge in [0.2, 0.25) is 5.91 Å². The summed E-state index contributed by atoms with van der Waals surface area (Å²) in [6.45, 7) is 4.21. The highest BCUT2D eigenvalue weighted by Crippen LogP contribution is 2.18. The molecule has 3 rings (SSSR count). The fourth-order valence-corrected chi connectivity index (χ4v) is 3.17. The van der Waals surface area contributed by atoms with Crippen molar-refractivity contribution in [1.82, 2.24) is 19.7 Å². The van der Waals surface area contributed by atoms with Gasteiger partial charge in [0.05, 0.1) is 7.11 Å². The summed E-state index contributed by atoms with van der Waals surface area (Å²) >= 11 is 0. The molecule has 0 saturated heterocycles. The Kier molecular flexibility index (Phi) is 5.58. The minimum Gasteiger partial charge on any atom is -0.497 e. The smallest absolute Gasteiger partial charge is 0.271 e. The number of amides is 2. The first-order valence-electron chi connectivity index (χ1n) is 8.93. The van der Waals surface area contributed by atoms with Crippen molar-refractivity contribution >= 4 is 17.5 Å². The first-order valence-corrected chi connectivity index (χ1v) is 8.93. The van der Waals surface area contributed by atoms with Crippen LogP contribution in [0.25, 0.3) is 5.65 Å². The van der Waals surface area contributed by atoms with E-state index in [-0.39, 0.29) is 11.6 Å². The van der Waals surface area contributed by atoms with Gasteiger partial charge in [-0.15, -0.1) is 0 Å². The first-order chi connectivity index (χ1) is 13.4. The number of methoxy groups -OCH3 is 1. The molecule has 0 fully saturated rings. The van der Waals surface area contributed by atoms with E-state index in [1.165, 1.54) is 6.33 Å². The van der Waals surface area contributed by atoms with Crippen LogP contribution in [0.3, 0.4) is 0 Å². The Morgan fingerprint density at radius 2 is 2.07 bits per heavy atom. The van der Waals surface area contributed by atoms with E-state index in [9.17, 15) is 9.59 Å². The second-order valence-corrected chi connectivity index (χ2v) is 6.54. The summed E-state index contributed by atoms with van der Waals surface area (Å²) in [6, 6.07) is 7.57. The summed E-state index contributed by atoms with van der Waals surface area (Å²) in [6.07, 6.45) is 2.40. The van der Waals surface area contributed by atoms with Crippen LogP contribution < -0.4 is 15.8 Å². The maximum atomic E-state index is 12.3. The van der Waals surface area contributed by atoms with E-state index in [4.69, 9.17) is 10.5 Å². The van der Waals surface area contributed by atoms with Crippen molar-refractivity contribution in [3.8, 4) is 5.75 Å². The lowest BCUT2D eigenvalue weighted by atomic mass is 10.1. The number of rotatable bonds is 7. The molecule has 3 aromatic rings. The molecule has 0 saturated carbocycles. The van der Waals surface area contributed by atoms with Crippen LogP contribution in [0.2, 0.25) is 0 Å². The van der Waals surface area contributed by atoms with E-state index < -0.39 is 5.91 Å². The van der Waals surface area contributed by atoms with Crippen LogP contribution in [0.4, 0.5) is 0 Å². The first kappa shape index (κ1) is 19.3. The number of nitrogens with one attached hydrogen (secondary N) is 1. The highest BCUT2D eigenvalue weighted by Gasteiger charge is 2.17. The molecule has 8 nitrogen and oxygen atoms in total. The summed E-state index contributed by atoms with van der Waals surface area (Å²) in [5, 5.41) is 2.92. The van der Waals surface area contributed by atoms with Crippen LogP contribution in [0, 0.1) is 13.8 Å². The Balaban J connectivity index is 1.67. The van der Waals surface area contributed by atoms with Crippen molar-refractivity contribution in [3.63, 3.8) is 0 Å². The van der Waals surface area contributed by atoms with E-state index in [1.807, 2.05) is 38.1 Å². The SMILES string of the molecule is COc1cccc(CNC(=O)CCc2c(C)nc3c(C(N)=O)ncn3c2C)c1. The molecule has 2 aromatic heterocycles. The maximum absolute atomic E-state index is 12.3. The van der Waals surface area contributed by atoms with E-state index >= 15 is 0 Å². The molecule has 0 radical (unpaired) electrons. The standard InChI is InChI=1S/C20H23N5O3/c1-12-16(13(2)25-11-23-18(19(21)27)20(25)24-12)7-8-17(26)22-10-14-5-4-6-15(9-14)28-3/h4-6,9,11H,7-8,10H2,1-3H3,(H2,21,27)(H,22,26). The van der Waals surface area contributed by atoms with E-state index in [0.29, 0.717) is 25.0 Å². The number of fused-ring (bicyclic) bond motifs is 1. The Morgan fingerprint density at radius 3 is 2.79 bits per heavy atom. The molecular weight excluding hydrogens is 358 g/mol. The fraction of sp³-hybridized carbons (Fsp3) is 0.300. The number of hydrogen-bond acceptors (Lipinski definition) is 5. The number of aryl methyl sites for hydroxylation is 2. The van der Waals surface area contributed by atoms with Crippen LogP contribution in [0.1, 0.15) is 39.4 Å². The molecule has 2 heterocycles. The van der Waals surface area contributed by atoms with Crippen LogP contribution in [0.15, 0.2) is 30.6 Å². The summed E-state index contributed by atoms with van der Waals surface area (Å²) in [4.78, 5) is 32.3. The van der Waals surface area contributed by atoms with E-state index in [2.05, 4.69) is 15.3 Å². The molecule has 0 spiro atoms. The summed E-state index contributed by atoms with van der Waals surface area (Å²) < 4.78 is 6.92. The molecule has 0 atom stereocenters. The number of primary amides is 1. The average Bonchev–Trinajstić information content (AvgIpc) is 3.10. The van der Waals surface area contributed by atoms with Crippen molar-refractivity contribution in [2.45, 2.75) is 33.2 Å². The van der Waals surface area contributed by atoms with E-state index in [1.54, 1.807) is 11.5 Å². The predicted octanol–water partition coefficient (Wildman–Crippen LogP) is 1.70. The number of benzene rings is 1. The topological polar surface area (TPSA) is 112 Å². The lowest BCUT2D eigenvalue weighted by Gasteiger charge is -2.12. The largest absolute Gasteiger partial charge is 0.497 e. The van der Waals surface area contributed by atoms with Crippen molar-refractivity contribution in [2.75, 3.05) is 7.11 Å². The van der Waals surface area contributed by atoms with E-state index in [0.717, 1.165) is 28.3 Å². The minimum atomic E-state index is -0.613. The Hall–Kier alpha value is -3.42. The molecule has 1 aromatic carbocycles. The van der Waals surface area contributed by atoms with Gasteiger partial charge in [0, 0.05) is 24.4 Å². The number of carbonyl (C=O) groups excluding carboxylic acids is 2. The zero-order chi connectivity index (χ0) is 20.3. The second-order valence-electron chi connectivity index (χ2n) is 6.54. The third-order valence-electron chi connectivity index (χ3n) is 4.71. The maximum Gasteiger partial charge on any atom is 0.271 e. The highest BCUT2D eigenvalue weighted by atomic mass is 16.5. The molecule has 0 aliphatic carbocycles. The molecule has 0 bridgehead atoms. The molecule has 146 valence electrons. The van der Waals surface area contributed by atoms with Crippen molar-refractivity contribution in [1.29, 1.82) is 0 Å². The number of nitrogens with zero attached hydrogens (tertiary/aromatic N) is 3. The summed E-state index contributed by atoms with van der Waals surface area (Å²) in [7, 11) is 1.61. The molecule has 2 amide bonds. The molecule has 0 aliphatic rings. The molecule has 8 heteroatoms. The van der Waals surface area contributed by atoms with Gasteiger partial charge < -0.3 is 15.8 Å². The Bertz CT molecular complexity index is 1040. The third-order valence-corrected chi connectivity index (χ3v) is 4.71. The molecular formula is C20H23N5O3. The van der Waals surface area contributed by atoms with Gasteiger partial charge in [-0.3, -0.25) is 14.0 Å². The number of carbonyl (C=O) groups is 2. The number of imidazole rings is 1. The predicted molar refractivity (Wildman–Crippen MR) is 104 cm³/mol. The zero-order valence-corrected chi connectivity index (χ0v) is 16.2. The van der Waals surface area contributed by atoms with Gasteiger partial charge >= 0.3 is 0 Å². The lowest BCUT2D eigenvalue weighted by molar-refractivity contribution is -0.121. The summed E-state index contributed by atoms with van der Waals surface area (Å²) in [5.74, 6) is 0.0941. The molecule has 0 aliphatic heterocycles. The monoisotopic (exact) mass is 381 g/mol. The third kappa shape index (κ3) is 3.95. The lowest BCUT2D eigenvalue weighted by Crippen LogP contribution is -2.23. The number of ether oxygens (including phenoxy) is 1. The Labute approximate surface area is 162 Å². The minimum absolute atomic E-state index is 0.0508. The van der Waals surface area contributed by atoms with Crippen LogP contribution >= 0.6 is 0 Å². The fourth-order valence-electron chi connectivity index (χ4n) is 3.17. The quantitative estimate of drug-likeness (QED) is 0.647. The van der Waals surface area contributed by atoms with Gasteiger partial charge in [-0.2, -0.15) is 0 Å². The van der Waals surface area contributed by atoms with Gasteiger partial charge in [-0.1, -0.05) is 12.1 Å². The molecule has 28 heavy (non-hydrogen) atoms. The van der Waals surface area contributed by atoms with Crippen molar-refractivity contribution in [3.05, 3.63) is 58.8 Å². The highest BCUT2D eigenvalue weighted by molar-refractivity contribution is 5.96. The van der Waals surface area contributed by atoms with Gasteiger partial charge in [-0.05, 0) is 43.5 Å². The molecule has 0 unspecified atom stereocenters. The van der Waals surface area contributed by atoms with Crippen LogP contribution in [-0.4, -0.2) is 33.3 Å². The molecule has 3 N–H and O–H groups in total. The second kappa shape index (κ2) is 8.08. The summed E-state index contributed by atoms with van der Waals surface area (Å²) in [5.41, 5.74) is 9.51. The normalized spacial score (nSPS) is 10.8. The number of nitrogens with two attached hydrogens (primary N) is 1. The van der Waals surface area contributed by atoms with Gasteiger partial charge in [0.25, 0.3) is 5.91 Å². The number of aromatic nitrogens is 3. The van der Waals surface area contributed by atoms with Crippen molar-refractivity contribution in [2.24, 2.45) is 5.73 Å². The van der Waals surface area contributed by atoms with Crippen LogP contribution in [0.5, 0.6) is 5.75 Å². The van der Waals surface area contributed by atoms with Crippen molar-refractivity contribution < 1.29 is 14.3 Å². The van der Waals surface area contributed by atoms with Gasteiger partial charge in [-0.25, -0.2) is 9.97 Å². The average molecular weight is 381 g/mol. The Morgan fingerprint density at radius 1 is 1.29 bits per heavy atom. The van der Waals surface area contributed by atoms with Crippen LogP contribution in [-0.2, 0) is 17.8 Å². The number of hydrogen-bond donors (Lipinski definition) is 2. The van der Waals surface area contributed by atoms with Gasteiger partial charge in [0.1, 0.15) is 12.1 Å². The zero-order valence-electron chi connectivity index (χ0n) is 16.2. The van der Waals surface area contributed by atoms with Gasteiger partial charge in [0.15, 0.2) is 11.3 Å².